The fourth-order valence-corrected chi connectivity index (χ4v) is 1.05. The molecule has 0 N–H and O–H groups in total. The standard InChI is InChI=1S/C11H12O5/c1-14-8-3-5-9(6-4-8)16-10(7-12)11(13)15-2/h3-7,10H,1-2H3. The number of benzene rings is 1. The molecular weight excluding hydrogens is 212 g/mol. The molecule has 0 aliphatic heterocycles. The first-order valence-electron chi connectivity index (χ1n) is 4.55. The van der Waals surface area contributed by atoms with E-state index >= 15 is 0 Å². The highest BCUT2D eigenvalue weighted by molar-refractivity contribution is 5.91. The van der Waals surface area contributed by atoms with Gasteiger partial charge in [-0.05, 0) is 24.3 Å². The number of methoxy groups -OCH3 is 2. The van der Waals surface area contributed by atoms with Crippen molar-refractivity contribution in [2.24, 2.45) is 0 Å². The van der Waals surface area contributed by atoms with Crippen LogP contribution in [0.4, 0.5) is 0 Å². The molecule has 0 aromatic heterocycles. The van der Waals surface area contributed by atoms with Crippen LogP contribution in [-0.4, -0.2) is 32.6 Å². The largest absolute Gasteiger partial charge is 0.497 e. The third-order valence-electron chi connectivity index (χ3n) is 1.88. The van der Waals surface area contributed by atoms with Crippen molar-refractivity contribution in [3.8, 4) is 11.5 Å². The summed E-state index contributed by atoms with van der Waals surface area (Å²) >= 11 is 0. The van der Waals surface area contributed by atoms with Crippen molar-refractivity contribution in [1.29, 1.82) is 0 Å². The molecule has 5 nitrogen and oxygen atoms in total. The van der Waals surface area contributed by atoms with Gasteiger partial charge >= 0.3 is 5.97 Å². The van der Waals surface area contributed by atoms with E-state index in [0.717, 1.165) is 0 Å². The molecule has 0 fully saturated rings. The van der Waals surface area contributed by atoms with Crippen LogP contribution in [-0.2, 0) is 14.3 Å². The number of carbonyl (C=O) groups is 2. The molecule has 1 rings (SSSR count). The molecule has 1 unspecified atom stereocenters. The molecule has 86 valence electrons. The highest BCUT2D eigenvalue weighted by Gasteiger charge is 2.19. The zero-order valence-corrected chi connectivity index (χ0v) is 9.01. The number of ether oxygens (including phenoxy) is 3. The lowest BCUT2D eigenvalue weighted by atomic mass is 10.3. The summed E-state index contributed by atoms with van der Waals surface area (Å²) in [5, 5.41) is 0. The maximum Gasteiger partial charge on any atom is 0.354 e. The predicted molar refractivity (Wildman–Crippen MR) is 55.5 cm³/mol. The smallest absolute Gasteiger partial charge is 0.354 e. The highest BCUT2D eigenvalue weighted by atomic mass is 16.6. The third-order valence-corrected chi connectivity index (χ3v) is 1.88. The second-order valence-corrected chi connectivity index (χ2v) is 2.87. The molecule has 1 aromatic carbocycles. The number of hydrogen-bond donors (Lipinski definition) is 0. The summed E-state index contributed by atoms with van der Waals surface area (Å²) in [7, 11) is 2.73. The molecule has 0 heterocycles. The summed E-state index contributed by atoms with van der Waals surface area (Å²) in [5.74, 6) is 0.321. The SMILES string of the molecule is COC(=O)C(C=O)Oc1ccc(OC)cc1. The van der Waals surface area contributed by atoms with E-state index in [-0.39, 0.29) is 0 Å². The van der Waals surface area contributed by atoms with Gasteiger partial charge in [-0.1, -0.05) is 0 Å². The van der Waals surface area contributed by atoms with E-state index in [1.807, 2.05) is 0 Å². The van der Waals surface area contributed by atoms with E-state index in [2.05, 4.69) is 4.74 Å². The van der Waals surface area contributed by atoms with Crippen LogP contribution in [0, 0.1) is 0 Å². The molecule has 0 spiro atoms. The van der Waals surface area contributed by atoms with E-state index < -0.39 is 12.1 Å². The Bertz CT molecular complexity index is 357. The molecule has 0 aliphatic carbocycles. The van der Waals surface area contributed by atoms with Crippen molar-refractivity contribution in [2.75, 3.05) is 14.2 Å². The lowest BCUT2D eigenvalue weighted by Gasteiger charge is -2.11. The predicted octanol–water partition coefficient (Wildman–Crippen LogP) is 0.814. The summed E-state index contributed by atoms with van der Waals surface area (Å²) in [6.45, 7) is 0. The third kappa shape index (κ3) is 2.98. The van der Waals surface area contributed by atoms with Crippen LogP contribution in [0.15, 0.2) is 24.3 Å². The number of hydrogen-bond acceptors (Lipinski definition) is 5. The van der Waals surface area contributed by atoms with Gasteiger partial charge in [0, 0.05) is 0 Å². The maximum atomic E-state index is 11.1. The Labute approximate surface area is 92.9 Å². The van der Waals surface area contributed by atoms with E-state index in [4.69, 9.17) is 9.47 Å². The van der Waals surface area contributed by atoms with Gasteiger partial charge in [0.25, 0.3) is 0 Å². The summed E-state index contributed by atoms with van der Waals surface area (Å²) in [4.78, 5) is 21.6. The Morgan fingerprint density at radius 2 is 1.75 bits per heavy atom. The molecular formula is C11H12O5. The molecule has 0 saturated heterocycles. The number of rotatable bonds is 5. The van der Waals surface area contributed by atoms with Gasteiger partial charge < -0.3 is 14.2 Å². The summed E-state index contributed by atoms with van der Waals surface area (Å²) in [6.07, 6.45) is -0.853. The average molecular weight is 224 g/mol. The number of aldehydes is 1. The first-order chi connectivity index (χ1) is 7.71. The summed E-state index contributed by atoms with van der Waals surface area (Å²) in [6, 6.07) is 6.51. The lowest BCUT2D eigenvalue weighted by Crippen LogP contribution is -2.29. The molecule has 5 heteroatoms. The van der Waals surface area contributed by atoms with E-state index in [0.29, 0.717) is 17.8 Å². The van der Waals surface area contributed by atoms with Crippen LogP contribution in [0.5, 0.6) is 11.5 Å². The average Bonchev–Trinajstić information content (AvgIpc) is 2.35. The van der Waals surface area contributed by atoms with Crippen LogP contribution < -0.4 is 9.47 Å². The minimum Gasteiger partial charge on any atom is -0.497 e. The molecule has 0 saturated carbocycles. The van der Waals surface area contributed by atoms with E-state index in [9.17, 15) is 9.59 Å². The van der Waals surface area contributed by atoms with E-state index in [1.54, 1.807) is 31.4 Å². The molecule has 1 atom stereocenters. The monoisotopic (exact) mass is 224 g/mol. The minimum absolute atomic E-state index is 0.385. The second-order valence-electron chi connectivity index (χ2n) is 2.87. The Hall–Kier alpha value is -2.04. The summed E-state index contributed by atoms with van der Waals surface area (Å²) in [5.41, 5.74) is 0. The van der Waals surface area contributed by atoms with Crippen LogP contribution in [0.2, 0.25) is 0 Å². The van der Waals surface area contributed by atoms with Gasteiger partial charge in [-0.25, -0.2) is 4.79 Å². The summed E-state index contributed by atoms with van der Waals surface area (Å²) < 4.78 is 14.5. The topological polar surface area (TPSA) is 61.8 Å². The van der Waals surface area contributed by atoms with Crippen LogP contribution >= 0.6 is 0 Å². The molecule has 0 amide bonds. The number of carbonyl (C=O) groups excluding carboxylic acids is 2. The van der Waals surface area contributed by atoms with Crippen LogP contribution in [0.1, 0.15) is 0 Å². The molecule has 0 bridgehead atoms. The maximum absolute atomic E-state index is 11.1. The van der Waals surface area contributed by atoms with Gasteiger partial charge in [-0.3, -0.25) is 4.79 Å². The lowest BCUT2D eigenvalue weighted by molar-refractivity contribution is -0.150. The minimum atomic E-state index is -1.24. The Kier molecular flexibility index (Phi) is 4.32. The zero-order chi connectivity index (χ0) is 12.0. The van der Waals surface area contributed by atoms with Crippen LogP contribution in [0.3, 0.4) is 0 Å². The molecule has 16 heavy (non-hydrogen) atoms. The highest BCUT2D eigenvalue weighted by Crippen LogP contribution is 2.18. The Morgan fingerprint density at radius 3 is 2.19 bits per heavy atom. The fourth-order valence-electron chi connectivity index (χ4n) is 1.05. The fraction of sp³-hybridized carbons (Fsp3) is 0.273. The molecule has 0 radical (unpaired) electrons. The Morgan fingerprint density at radius 1 is 1.19 bits per heavy atom. The van der Waals surface area contributed by atoms with Gasteiger partial charge in [0.1, 0.15) is 11.5 Å². The van der Waals surface area contributed by atoms with Crippen molar-refractivity contribution >= 4 is 12.3 Å². The normalized spacial score (nSPS) is 11.4. The van der Waals surface area contributed by atoms with Crippen molar-refractivity contribution in [3.63, 3.8) is 0 Å². The van der Waals surface area contributed by atoms with Crippen molar-refractivity contribution in [1.82, 2.24) is 0 Å². The van der Waals surface area contributed by atoms with Crippen molar-refractivity contribution < 1.29 is 23.8 Å². The number of esters is 1. The van der Waals surface area contributed by atoms with E-state index in [1.165, 1.54) is 7.11 Å². The molecule has 1 aromatic rings. The quantitative estimate of drug-likeness (QED) is 0.421. The van der Waals surface area contributed by atoms with Gasteiger partial charge in [0.05, 0.1) is 14.2 Å². The van der Waals surface area contributed by atoms with Crippen molar-refractivity contribution in [3.05, 3.63) is 24.3 Å². The van der Waals surface area contributed by atoms with Gasteiger partial charge in [0.2, 0.25) is 6.10 Å². The van der Waals surface area contributed by atoms with Crippen LogP contribution in [0.25, 0.3) is 0 Å². The first-order valence-corrected chi connectivity index (χ1v) is 4.55. The Balaban J connectivity index is 2.70. The second kappa shape index (κ2) is 5.75. The van der Waals surface area contributed by atoms with Gasteiger partial charge in [0.15, 0.2) is 6.29 Å². The van der Waals surface area contributed by atoms with Crippen molar-refractivity contribution in [2.45, 2.75) is 6.10 Å². The first kappa shape index (κ1) is 12.0. The van der Waals surface area contributed by atoms with Gasteiger partial charge in [-0.2, -0.15) is 0 Å². The zero-order valence-electron chi connectivity index (χ0n) is 9.01. The molecule has 0 aliphatic rings. The van der Waals surface area contributed by atoms with Gasteiger partial charge in [-0.15, -0.1) is 0 Å².